The van der Waals surface area contributed by atoms with E-state index < -0.39 is 22.4 Å². The zero-order valence-electron chi connectivity index (χ0n) is 21.9. The first-order valence-electron chi connectivity index (χ1n) is 13.3. The van der Waals surface area contributed by atoms with Gasteiger partial charge in [0.25, 0.3) is 0 Å². The molecule has 2 saturated carbocycles. The van der Waals surface area contributed by atoms with Crippen molar-refractivity contribution in [1.29, 1.82) is 0 Å². The summed E-state index contributed by atoms with van der Waals surface area (Å²) < 4.78 is 76.8. The first-order chi connectivity index (χ1) is 19.4. The fraction of sp³-hybridized carbons (Fsp3) is 0.379. The highest BCUT2D eigenvalue weighted by Gasteiger charge is 2.45. The fourth-order valence-electron chi connectivity index (χ4n) is 5.87. The molecule has 12 heteroatoms. The Morgan fingerprint density at radius 3 is 2.46 bits per heavy atom. The van der Waals surface area contributed by atoms with Gasteiger partial charge in [-0.25, -0.2) is 13.2 Å². The normalized spacial score (nSPS) is 19.1. The average molecular weight is 589 g/mol. The number of nitrogens with zero attached hydrogens (tertiary/aromatic N) is 2. The fourth-order valence-corrected chi connectivity index (χ4v) is 7.36. The van der Waals surface area contributed by atoms with Crippen molar-refractivity contribution in [3.05, 3.63) is 71.0 Å². The minimum atomic E-state index is -4.85. The molecule has 41 heavy (non-hydrogen) atoms. The maximum Gasteiger partial charge on any atom is 0.573 e. The van der Waals surface area contributed by atoms with E-state index in [0.29, 0.717) is 42.9 Å². The molecule has 1 saturated heterocycles. The first kappa shape index (κ1) is 27.5. The lowest BCUT2D eigenvalue weighted by Gasteiger charge is -2.49. The summed E-state index contributed by atoms with van der Waals surface area (Å²) in [5, 5.41) is 13.4. The van der Waals surface area contributed by atoms with E-state index in [1.54, 1.807) is 6.07 Å². The van der Waals surface area contributed by atoms with Crippen LogP contribution in [0, 0.1) is 5.41 Å². The van der Waals surface area contributed by atoms with Crippen molar-refractivity contribution in [1.82, 2.24) is 9.46 Å². The average Bonchev–Trinajstić information content (AvgIpc) is 3.67. The Bertz CT molecular complexity index is 1620. The van der Waals surface area contributed by atoms with Crippen LogP contribution < -0.4 is 4.74 Å². The van der Waals surface area contributed by atoms with Crippen molar-refractivity contribution in [3.8, 4) is 17.0 Å². The van der Waals surface area contributed by atoms with Crippen LogP contribution in [-0.4, -0.2) is 48.4 Å². The van der Waals surface area contributed by atoms with Crippen LogP contribution in [0.15, 0.2) is 63.5 Å². The van der Waals surface area contributed by atoms with E-state index in [4.69, 9.17) is 4.52 Å². The molecule has 1 aromatic heterocycles. The molecule has 8 nitrogen and oxygen atoms in total. The maximum absolute atomic E-state index is 13.2. The Hall–Kier alpha value is -3.64. The maximum atomic E-state index is 13.2. The highest BCUT2D eigenvalue weighted by Crippen LogP contribution is 2.54. The molecular formula is C29H27F3N2O6S. The van der Waals surface area contributed by atoms with E-state index in [0.717, 1.165) is 31.3 Å². The topological polar surface area (TPSA) is 110 Å². The van der Waals surface area contributed by atoms with E-state index in [1.807, 2.05) is 6.08 Å². The van der Waals surface area contributed by atoms with Gasteiger partial charge in [0.05, 0.1) is 10.5 Å². The van der Waals surface area contributed by atoms with E-state index in [9.17, 15) is 31.5 Å². The molecular weight excluding hydrogens is 561 g/mol. The number of para-hydroxylation sites is 1. The Morgan fingerprint density at radius 2 is 1.80 bits per heavy atom. The zero-order valence-corrected chi connectivity index (χ0v) is 22.7. The number of halogens is 3. The van der Waals surface area contributed by atoms with Gasteiger partial charge in [-0.1, -0.05) is 28.9 Å². The molecule has 3 aromatic rings. The molecule has 0 unspecified atom stereocenters. The summed E-state index contributed by atoms with van der Waals surface area (Å²) in [6.07, 6.45) is 1.75. The van der Waals surface area contributed by atoms with Gasteiger partial charge in [0.1, 0.15) is 17.2 Å². The predicted octanol–water partition coefficient (Wildman–Crippen LogP) is 6.46. The highest BCUT2D eigenvalue weighted by atomic mass is 32.2. The van der Waals surface area contributed by atoms with Crippen molar-refractivity contribution in [3.63, 3.8) is 0 Å². The van der Waals surface area contributed by atoms with Gasteiger partial charge in [0.15, 0.2) is 0 Å². The molecule has 6 rings (SSSR count). The summed E-state index contributed by atoms with van der Waals surface area (Å²) in [5.41, 5.74) is 2.15. The summed E-state index contributed by atoms with van der Waals surface area (Å²) in [7, 11) is -3.83. The number of alkyl halides is 3. The molecule has 0 bridgehead atoms. The number of carboxylic acids is 1. The third-order valence-electron chi connectivity index (χ3n) is 8.13. The van der Waals surface area contributed by atoms with Crippen LogP contribution in [0.3, 0.4) is 0 Å². The second kappa shape index (κ2) is 10.0. The molecule has 3 fully saturated rings. The third kappa shape index (κ3) is 5.50. The van der Waals surface area contributed by atoms with Crippen LogP contribution in [-0.2, 0) is 10.0 Å². The van der Waals surface area contributed by atoms with Gasteiger partial charge in [-0.05, 0) is 80.3 Å². The Morgan fingerprint density at radius 1 is 1.10 bits per heavy atom. The molecule has 0 radical (unpaired) electrons. The number of aromatic carboxylic acids is 1. The van der Waals surface area contributed by atoms with Crippen LogP contribution in [0.5, 0.6) is 5.75 Å². The van der Waals surface area contributed by atoms with Gasteiger partial charge in [-0.15, -0.1) is 13.2 Å². The molecule has 1 aliphatic heterocycles. The van der Waals surface area contributed by atoms with Gasteiger partial charge in [0, 0.05) is 30.1 Å². The number of aromatic nitrogens is 1. The number of benzene rings is 2. The smallest absolute Gasteiger partial charge is 0.478 e. The van der Waals surface area contributed by atoms with E-state index in [-0.39, 0.29) is 33.1 Å². The standard InChI is InChI=1S/C29H27F3N2O6S/c30-29(31,32)39-24-7-2-1-6-22(24)25-23(26(40-33-25)19-8-9-19)14-18-16-28(17-18)10-12-34(13-11-28)41(37,38)21-5-3-4-20(15-21)27(35)36/h1-7,14-15,19H,8-13,16-17H2,(H,35,36). The number of carbonyl (C=O) groups is 1. The molecule has 3 aliphatic rings. The van der Waals surface area contributed by atoms with Crippen molar-refractivity contribution in [2.45, 2.75) is 55.7 Å². The van der Waals surface area contributed by atoms with Gasteiger partial charge in [-0.2, -0.15) is 4.31 Å². The van der Waals surface area contributed by atoms with Gasteiger partial charge in [-0.3, -0.25) is 0 Å². The lowest BCUT2D eigenvalue weighted by molar-refractivity contribution is -0.274. The summed E-state index contributed by atoms with van der Waals surface area (Å²) in [5.74, 6) is -0.686. The van der Waals surface area contributed by atoms with Crippen LogP contribution in [0.2, 0.25) is 0 Å². The monoisotopic (exact) mass is 588 g/mol. The number of hydrogen-bond donors (Lipinski definition) is 1. The minimum Gasteiger partial charge on any atom is -0.478 e. The molecule has 2 aliphatic carbocycles. The molecule has 0 amide bonds. The molecule has 2 aromatic carbocycles. The second-order valence-corrected chi connectivity index (χ2v) is 13.0. The summed E-state index contributed by atoms with van der Waals surface area (Å²) in [4.78, 5) is 11.3. The largest absolute Gasteiger partial charge is 0.573 e. The number of allylic oxidation sites excluding steroid dienone is 1. The van der Waals surface area contributed by atoms with Gasteiger partial charge < -0.3 is 14.4 Å². The molecule has 0 atom stereocenters. The minimum absolute atomic E-state index is 0.0371. The number of hydrogen-bond acceptors (Lipinski definition) is 6. The Balaban J connectivity index is 1.19. The number of carboxylic acid groups (broad SMARTS) is 1. The summed E-state index contributed by atoms with van der Waals surface area (Å²) in [6, 6.07) is 11.2. The summed E-state index contributed by atoms with van der Waals surface area (Å²) in [6.45, 7) is 0.641. The lowest BCUT2D eigenvalue weighted by atomic mass is 9.60. The van der Waals surface area contributed by atoms with Crippen molar-refractivity contribution in [2.75, 3.05) is 13.1 Å². The SMILES string of the molecule is O=C(O)c1cccc(S(=O)(=O)N2CCC3(CC2)CC(=Cc2c(-c4ccccc4OC(F)(F)F)noc2C2CC2)C3)c1. The van der Waals surface area contributed by atoms with Crippen LogP contribution in [0.25, 0.3) is 17.3 Å². The predicted molar refractivity (Wildman–Crippen MR) is 142 cm³/mol. The van der Waals surface area contributed by atoms with Crippen molar-refractivity contribution in [2.24, 2.45) is 5.41 Å². The molecule has 1 spiro atoms. The molecule has 2 heterocycles. The number of rotatable bonds is 7. The van der Waals surface area contributed by atoms with Crippen LogP contribution in [0.1, 0.15) is 66.1 Å². The third-order valence-corrected chi connectivity index (χ3v) is 10.0. The number of ether oxygens (including phenoxy) is 1. The van der Waals surface area contributed by atoms with Gasteiger partial charge >= 0.3 is 12.3 Å². The zero-order chi connectivity index (χ0) is 29.0. The highest BCUT2D eigenvalue weighted by molar-refractivity contribution is 7.89. The van der Waals surface area contributed by atoms with Crippen molar-refractivity contribution >= 4 is 22.1 Å². The van der Waals surface area contributed by atoms with E-state index in [2.05, 4.69) is 9.89 Å². The quantitative estimate of drug-likeness (QED) is 0.337. The van der Waals surface area contributed by atoms with Gasteiger partial charge in [0.2, 0.25) is 10.0 Å². The molecule has 216 valence electrons. The Kier molecular flexibility index (Phi) is 6.73. The molecule has 1 N–H and O–H groups in total. The first-order valence-corrected chi connectivity index (χ1v) is 14.8. The van der Waals surface area contributed by atoms with E-state index in [1.165, 1.54) is 46.8 Å². The number of sulfonamides is 1. The summed E-state index contributed by atoms with van der Waals surface area (Å²) >= 11 is 0. The lowest BCUT2D eigenvalue weighted by Crippen LogP contribution is -2.46. The van der Waals surface area contributed by atoms with Crippen molar-refractivity contribution < 1.29 is 40.8 Å². The Labute approximate surface area is 234 Å². The second-order valence-electron chi connectivity index (χ2n) is 11.0. The van der Waals surface area contributed by atoms with E-state index >= 15 is 0 Å². The van der Waals surface area contributed by atoms with Crippen LogP contribution in [0.4, 0.5) is 13.2 Å². The van der Waals surface area contributed by atoms with Crippen LogP contribution >= 0.6 is 0 Å². The number of piperidine rings is 1.